The van der Waals surface area contributed by atoms with Crippen molar-refractivity contribution in [2.24, 2.45) is 12.1 Å². The molecular formula is C33H49N3O7S3. The van der Waals surface area contributed by atoms with Crippen LogP contribution in [0.15, 0.2) is 63.4 Å². The van der Waals surface area contributed by atoms with Gasteiger partial charge in [0.15, 0.2) is 9.84 Å². The maximum absolute atomic E-state index is 12.8. The monoisotopic (exact) mass is 695 g/mol. The minimum atomic E-state index is -4.53. The molecule has 0 aliphatic rings. The van der Waals surface area contributed by atoms with Crippen molar-refractivity contribution in [1.29, 1.82) is 0 Å². The zero-order valence-corrected chi connectivity index (χ0v) is 29.7. The molecule has 0 aliphatic heterocycles. The highest BCUT2D eigenvalue weighted by molar-refractivity contribution is 7.90. The minimum Gasteiger partial charge on any atom is -0.344 e. The van der Waals surface area contributed by atoms with Crippen molar-refractivity contribution in [2.75, 3.05) is 12.0 Å². The van der Waals surface area contributed by atoms with Crippen LogP contribution in [0.2, 0.25) is 0 Å². The number of rotatable bonds is 20. The Morgan fingerprint density at radius 1 is 0.696 bits per heavy atom. The second-order valence-corrected chi connectivity index (χ2v) is 17.3. The van der Waals surface area contributed by atoms with Gasteiger partial charge in [-0.1, -0.05) is 103 Å². The number of benzene rings is 2. The van der Waals surface area contributed by atoms with Crippen molar-refractivity contribution < 1.29 is 29.8 Å². The van der Waals surface area contributed by atoms with Gasteiger partial charge in [-0.2, -0.15) is 13.5 Å². The number of nitrogens with one attached hydrogen (secondary N) is 1. The summed E-state index contributed by atoms with van der Waals surface area (Å²) in [7, 11) is -9.97. The van der Waals surface area contributed by atoms with E-state index >= 15 is 0 Å². The smallest absolute Gasteiger partial charge is 0.294 e. The van der Waals surface area contributed by atoms with E-state index in [0.29, 0.717) is 28.6 Å². The van der Waals surface area contributed by atoms with E-state index in [9.17, 15) is 29.8 Å². The lowest BCUT2D eigenvalue weighted by molar-refractivity contribution is 0.483. The van der Waals surface area contributed by atoms with Crippen molar-refractivity contribution in [3.8, 4) is 11.3 Å². The molecule has 10 nitrogen and oxygen atoms in total. The Morgan fingerprint density at radius 3 is 1.70 bits per heavy atom. The highest BCUT2D eigenvalue weighted by Gasteiger charge is 2.16. The van der Waals surface area contributed by atoms with Gasteiger partial charge < -0.3 is 4.57 Å². The normalized spacial score (nSPS) is 13.0. The van der Waals surface area contributed by atoms with Crippen LogP contribution in [-0.4, -0.2) is 46.4 Å². The molecule has 2 aromatic carbocycles. The van der Waals surface area contributed by atoms with E-state index in [4.69, 9.17) is 0 Å². The molecule has 3 aromatic rings. The maximum Gasteiger partial charge on any atom is 0.294 e. The van der Waals surface area contributed by atoms with Gasteiger partial charge in [-0.25, -0.2) is 21.7 Å². The van der Waals surface area contributed by atoms with Gasteiger partial charge in [0.2, 0.25) is 10.0 Å². The number of hydrogen-bond donors (Lipinski definition) is 2. The van der Waals surface area contributed by atoms with Gasteiger partial charge in [0.1, 0.15) is 0 Å². The lowest BCUT2D eigenvalue weighted by atomic mass is 10.0. The van der Waals surface area contributed by atoms with Crippen LogP contribution >= 0.6 is 0 Å². The molecule has 1 heterocycles. The topological polar surface area (TPSA) is 152 Å². The number of sulfone groups is 1. The summed E-state index contributed by atoms with van der Waals surface area (Å²) in [6.45, 7) is 2.23. The fourth-order valence-corrected chi connectivity index (χ4v) is 7.55. The predicted molar refractivity (Wildman–Crippen MR) is 184 cm³/mol. The predicted octanol–water partition coefficient (Wildman–Crippen LogP) is 6.71. The molecule has 0 amide bonds. The first kappa shape index (κ1) is 37.7. The SMILES string of the molecule is CCCCCCCCCCCCCCCCS(=O)(=O)N/N=c1\cc(-c2ccc(S(C)(=O)=O)cc2)n(C)c2ccc(S(=O)(=O)O)cc12. The molecule has 0 radical (unpaired) electrons. The quantitative estimate of drug-likeness (QED) is 0.0757. The molecule has 1 aromatic heterocycles. The van der Waals surface area contributed by atoms with Gasteiger partial charge >= 0.3 is 0 Å². The molecule has 0 fully saturated rings. The third kappa shape index (κ3) is 11.8. The number of fused-ring (bicyclic) bond motifs is 1. The van der Waals surface area contributed by atoms with Crippen LogP contribution < -0.4 is 10.2 Å². The second-order valence-electron chi connectivity index (χ2n) is 12.0. The maximum atomic E-state index is 12.8. The number of pyridine rings is 1. The van der Waals surface area contributed by atoms with E-state index in [1.54, 1.807) is 29.8 Å². The molecule has 3 rings (SSSR count). The third-order valence-electron chi connectivity index (χ3n) is 8.19. The Hall–Kier alpha value is -2.74. The molecule has 256 valence electrons. The summed E-state index contributed by atoms with van der Waals surface area (Å²) in [5.74, 6) is -0.0941. The van der Waals surface area contributed by atoms with Crippen LogP contribution in [0.4, 0.5) is 0 Å². The summed E-state index contributed by atoms with van der Waals surface area (Å²) < 4.78 is 84.6. The highest BCUT2D eigenvalue weighted by Crippen LogP contribution is 2.25. The molecule has 0 saturated heterocycles. The summed E-state index contributed by atoms with van der Waals surface area (Å²) in [5, 5.41) is 4.62. The molecule has 2 N–H and O–H groups in total. The summed E-state index contributed by atoms with van der Waals surface area (Å²) >= 11 is 0. The van der Waals surface area contributed by atoms with Crippen LogP contribution in [0.5, 0.6) is 0 Å². The summed E-state index contributed by atoms with van der Waals surface area (Å²) in [6, 6.07) is 11.8. The van der Waals surface area contributed by atoms with Crippen LogP contribution in [0.1, 0.15) is 96.8 Å². The molecule has 0 atom stereocenters. The van der Waals surface area contributed by atoms with E-state index in [1.165, 1.54) is 94.5 Å². The Bertz CT molecular complexity index is 1830. The average Bonchev–Trinajstić information content (AvgIpc) is 3.00. The van der Waals surface area contributed by atoms with Crippen molar-refractivity contribution in [1.82, 2.24) is 9.40 Å². The number of sulfonamides is 1. The fourth-order valence-electron chi connectivity index (χ4n) is 5.50. The van der Waals surface area contributed by atoms with Crippen LogP contribution in [-0.2, 0) is 37.0 Å². The van der Waals surface area contributed by atoms with Gasteiger partial charge in [0.25, 0.3) is 10.1 Å². The number of hydrogen-bond acceptors (Lipinski definition) is 7. The van der Waals surface area contributed by atoms with Crippen LogP contribution in [0, 0.1) is 0 Å². The molecule has 0 saturated carbocycles. The second kappa shape index (κ2) is 17.4. The van der Waals surface area contributed by atoms with Crippen molar-refractivity contribution in [3.05, 3.63) is 53.9 Å². The third-order valence-corrected chi connectivity index (χ3v) is 11.4. The minimum absolute atomic E-state index is 0.0941. The van der Waals surface area contributed by atoms with Gasteiger partial charge in [0, 0.05) is 18.7 Å². The number of aromatic nitrogens is 1. The van der Waals surface area contributed by atoms with E-state index < -0.39 is 30.0 Å². The number of aryl methyl sites for hydroxylation is 1. The van der Waals surface area contributed by atoms with Gasteiger partial charge in [-0.3, -0.25) is 4.55 Å². The zero-order valence-electron chi connectivity index (χ0n) is 27.2. The molecule has 0 aliphatic carbocycles. The standard InChI is InChI=1S/C33H49N3O7S3/c1-4-5-6-7-8-9-10-11-12-13-14-15-16-17-24-45(39,40)35-34-31-26-33(27-18-20-28(21-19-27)44(3,37)38)36(2)32-23-22-29(25-30(31)32)46(41,42)43/h18-23,25-26,35H,4-17,24H2,1-3H3,(H,41,42,43)/b34-31+. The summed E-state index contributed by atoms with van der Waals surface area (Å²) in [5.41, 5.74) is 1.73. The molecule has 0 unspecified atom stereocenters. The van der Waals surface area contributed by atoms with Crippen molar-refractivity contribution in [3.63, 3.8) is 0 Å². The molecule has 0 spiro atoms. The van der Waals surface area contributed by atoms with Crippen LogP contribution in [0.25, 0.3) is 22.2 Å². The summed E-state index contributed by atoms with van der Waals surface area (Å²) in [4.78, 5) is 2.09. The summed E-state index contributed by atoms with van der Waals surface area (Å²) in [6.07, 6.45) is 17.4. The van der Waals surface area contributed by atoms with Gasteiger partial charge in [-0.05, 0) is 48.4 Å². The molecule has 13 heteroatoms. The lowest BCUT2D eigenvalue weighted by Crippen LogP contribution is -2.25. The zero-order chi connectivity index (χ0) is 33.8. The number of nitrogens with zero attached hydrogens (tertiary/aromatic N) is 2. The molecular weight excluding hydrogens is 647 g/mol. The first-order chi connectivity index (χ1) is 21.7. The first-order valence-corrected chi connectivity index (χ1v) is 21.2. The lowest BCUT2D eigenvalue weighted by Gasteiger charge is -2.15. The Labute approximate surface area is 275 Å². The van der Waals surface area contributed by atoms with E-state index in [2.05, 4.69) is 16.9 Å². The average molecular weight is 696 g/mol. The van der Waals surface area contributed by atoms with Gasteiger partial charge in [-0.15, -0.1) is 0 Å². The Balaban J connectivity index is 1.66. The molecule has 0 bridgehead atoms. The van der Waals surface area contributed by atoms with E-state index in [0.717, 1.165) is 25.5 Å². The first-order valence-electron chi connectivity index (χ1n) is 16.2. The Kier molecular flexibility index (Phi) is 14.3. The fraction of sp³-hybridized carbons (Fsp3) is 0.545. The number of unbranched alkanes of at least 4 members (excludes halogenated alkanes) is 13. The van der Waals surface area contributed by atoms with E-state index in [-0.39, 0.29) is 20.9 Å². The van der Waals surface area contributed by atoms with Gasteiger partial charge in [0.05, 0.1) is 32.1 Å². The van der Waals surface area contributed by atoms with Crippen molar-refractivity contribution in [2.45, 2.75) is 107 Å². The molecule has 46 heavy (non-hydrogen) atoms. The van der Waals surface area contributed by atoms with Crippen LogP contribution in [0.3, 0.4) is 0 Å². The Morgan fingerprint density at radius 2 is 1.20 bits per heavy atom. The van der Waals surface area contributed by atoms with Crippen molar-refractivity contribution >= 4 is 40.9 Å². The largest absolute Gasteiger partial charge is 0.344 e. The van der Waals surface area contributed by atoms with E-state index in [1.807, 2.05) is 0 Å². The highest BCUT2D eigenvalue weighted by atomic mass is 32.2.